The molecule has 114 valence electrons. The molecule has 0 aromatic rings. The third-order valence-electron chi connectivity index (χ3n) is 2.48. The highest BCUT2D eigenvalue weighted by molar-refractivity contribution is 5.84. The summed E-state index contributed by atoms with van der Waals surface area (Å²) in [5.41, 5.74) is -1.01. The molecule has 0 bridgehead atoms. The van der Waals surface area contributed by atoms with Crippen molar-refractivity contribution in [2.24, 2.45) is 0 Å². The second-order valence-corrected chi connectivity index (χ2v) is 5.27. The van der Waals surface area contributed by atoms with Gasteiger partial charge in [0.25, 0.3) is 0 Å². The summed E-state index contributed by atoms with van der Waals surface area (Å²) in [5, 5.41) is 0. The van der Waals surface area contributed by atoms with E-state index in [4.69, 9.17) is 4.74 Å². The van der Waals surface area contributed by atoms with Gasteiger partial charge in [-0.2, -0.15) is 13.2 Å². The van der Waals surface area contributed by atoms with E-state index in [1.807, 2.05) is 0 Å². The Morgan fingerprint density at radius 1 is 1.30 bits per heavy atom. The number of alkyl halides is 3. The molecule has 0 spiro atoms. The Hall–Kier alpha value is -1.73. The highest BCUT2D eigenvalue weighted by Gasteiger charge is 2.54. The van der Waals surface area contributed by atoms with Crippen molar-refractivity contribution < 1.29 is 32.2 Å². The fourth-order valence-electron chi connectivity index (χ4n) is 1.62. The summed E-state index contributed by atoms with van der Waals surface area (Å²) in [6.07, 6.45) is -5.32. The molecule has 1 aliphatic heterocycles. The largest absolute Gasteiger partial charge is 0.466 e. The Labute approximate surface area is 114 Å². The first kappa shape index (κ1) is 16.3. The van der Waals surface area contributed by atoms with Crippen LogP contribution in [0.5, 0.6) is 0 Å². The molecule has 0 N–H and O–H groups in total. The van der Waals surface area contributed by atoms with Crippen molar-refractivity contribution in [3.05, 3.63) is 11.8 Å². The molecule has 0 radical (unpaired) electrons. The van der Waals surface area contributed by atoms with Gasteiger partial charge in [-0.3, -0.25) is 4.90 Å². The van der Waals surface area contributed by atoms with Crippen LogP contribution in [0.1, 0.15) is 27.2 Å². The third-order valence-corrected chi connectivity index (χ3v) is 2.48. The van der Waals surface area contributed by atoms with Gasteiger partial charge in [0, 0.05) is 18.2 Å². The van der Waals surface area contributed by atoms with E-state index in [2.05, 4.69) is 4.74 Å². The van der Waals surface area contributed by atoms with Gasteiger partial charge in [0.05, 0.1) is 7.11 Å². The number of methoxy groups -OCH3 is 1. The first-order chi connectivity index (χ1) is 8.95. The number of ether oxygens (including phenoxy) is 2. The zero-order chi connectivity index (χ0) is 15.7. The van der Waals surface area contributed by atoms with Crippen molar-refractivity contribution in [1.29, 1.82) is 0 Å². The van der Waals surface area contributed by atoms with E-state index in [0.717, 1.165) is 13.2 Å². The molecule has 8 heteroatoms. The monoisotopic (exact) mass is 295 g/mol. The molecule has 0 aliphatic carbocycles. The number of hydrogen-bond donors (Lipinski definition) is 0. The highest BCUT2D eigenvalue weighted by Crippen LogP contribution is 2.41. The smallest absolute Gasteiger partial charge is 0.415 e. The molecular weight excluding hydrogens is 279 g/mol. The maximum absolute atomic E-state index is 12.7. The van der Waals surface area contributed by atoms with Crippen molar-refractivity contribution in [3.8, 4) is 0 Å². The van der Waals surface area contributed by atoms with Crippen LogP contribution >= 0.6 is 0 Å². The number of amides is 1. The number of nitrogens with zero attached hydrogens (tertiary/aromatic N) is 1. The standard InChI is InChI=1S/C12H16F3NO4/c1-11(2,3)20-10(18)16-7(6-9(17)19-4)5-8(16)12(13,14)15/h6,8H,5H2,1-4H3/b7-6+. The molecule has 0 saturated carbocycles. The second kappa shape index (κ2) is 5.34. The quantitative estimate of drug-likeness (QED) is 0.551. The molecule has 5 nitrogen and oxygen atoms in total. The molecule has 0 aromatic carbocycles. The second-order valence-electron chi connectivity index (χ2n) is 5.27. The Morgan fingerprint density at radius 2 is 1.85 bits per heavy atom. The van der Waals surface area contributed by atoms with Gasteiger partial charge in [0.2, 0.25) is 0 Å². The van der Waals surface area contributed by atoms with Crippen LogP contribution in [0.4, 0.5) is 18.0 Å². The van der Waals surface area contributed by atoms with Gasteiger partial charge in [0.1, 0.15) is 11.6 Å². The van der Waals surface area contributed by atoms with Gasteiger partial charge in [-0.25, -0.2) is 9.59 Å². The number of carbonyl (C=O) groups is 2. The maximum atomic E-state index is 12.7. The van der Waals surface area contributed by atoms with Crippen LogP contribution in [0, 0.1) is 0 Å². The van der Waals surface area contributed by atoms with Crippen molar-refractivity contribution in [1.82, 2.24) is 4.90 Å². The molecule has 1 fully saturated rings. The number of likely N-dealkylation sites (tertiary alicyclic amines) is 1. The van der Waals surface area contributed by atoms with Gasteiger partial charge >= 0.3 is 18.2 Å². The zero-order valence-corrected chi connectivity index (χ0v) is 11.6. The highest BCUT2D eigenvalue weighted by atomic mass is 19.4. The van der Waals surface area contributed by atoms with E-state index < -0.39 is 36.3 Å². The van der Waals surface area contributed by atoms with E-state index >= 15 is 0 Å². The number of esters is 1. The fourth-order valence-corrected chi connectivity index (χ4v) is 1.62. The average Bonchev–Trinajstić information content (AvgIpc) is 2.18. The summed E-state index contributed by atoms with van der Waals surface area (Å²) >= 11 is 0. The lowest BCUT2D eigenvalue weighted by atomic mass is 9.98. The summed E-state index contributed by atoms with van der Waals surface area (Å²) in [6.45, 7) is 4.62. The van der Waals surface area contributed by atoms with Crippen LogP contribution in [-0.2, 0) is 14.3 Å². The predicted molar refractivity (Wildman–Crippen MR) is 62.6 cm³/mol. The maximum Gasteiger partial charge on any atom is 0.415 e. The van der Waals surface area contributed by atoms with Gasteiger partial charge < -0.3 is 9.47 Å². The lowest BCUT2D eigenvalue weighted by Crippen LogP contribution is -2.57. The number of rotatable bonds is 1. The van der Waals surface area contributed by atoms with E-state index in [9.17, 15) is 22.8 Å². The molecule has 0 aromatic heterocycles. The summed E-state index contributed by atoms with van der Waals surface area (Å²) in [5.74, 6) is -0.825. The Morgan fingerprint density at radius 3 is 2.25 bits per heavy atom. The SMILES string of the molecule is COC(=O)/C=C1\CC(C(F)(F)F)N1C(=O)OC(C)(C)C. The molecule has 1 atom stereocenters. The summed E-state index contributed by atoms with van der Waals surface area (Å²) < 4.78 is 47.5. The van der Waals surface area contributed by atoms with Crippen molar-refractivity contribution in [3.63, 3.8) is 0 Å². The number of halogens is 3. The first-order valence-corrected chi connectivity index (χ1v) is 5.83. The van der Waals surface area contributed by atoms with Gasteiger partial charge in [-0.05, 0) is 20.8 Å². The molecule has 1 aliphatic rings. The summed E-state index contributed by atoms with van der Waals surface area (Å²) in [7, 11) is 1.09. The van der Waals surface area contributed by atoms with E-state index in [0.29, 0.717) is 4.90 Å². The molecule has 1 unspecified atom stereocenters. The molecule has 1 saturated heterocycles. The summed E-state index contributed by atoms with van der Waals surface area (Å²) in [6, 6.07) is -1.98. The summed E-state index contributed by atoms with van der Waals surface area (Å²) in [4.78, 5) is 23.3. The lowest BCUT2D eigenvalue weighted by Gasteiger charge is -2.43. The average molecular weight is 295 g/mol. The zero-order valence-electron chi connectivity index (χ0n) is 11.6. The minimum Gasteiger partial charge on any atom is -0.466 e. The Balaban J connectivity index is 2.95. The molecule has 1 amide bonds. The number of hydrogen-bond acceptors (Lipinski definition) is 4. The first-order valence-electron chi connectivity index (χ1n) is 5.83. The lowest BCUT2D eigenvalue weighted by molar-refractivity contribution is -0.193. The molecule has 20 heavy (non-hydrogen) atoms. The Bertz CT molecular complexity index is 437. The van der Waals surface area contributed by atoms with Crippen LogP contribution in [-0.4, -0.2) is 41.9 Å². The molecule has 1 heterocycles. The van der Waals surface area contributed by atoms with Gasteiger partial charge in [-0.15, -0.1) is 0 Å². The van der Waals surface area contributed by atoms with Gasteiger partial charge in [0.15, 0.2) is 0 Å². The Kier molecular flexibility index (Phi) is 4.36. The van der Waals surface area contributed by atoms with Crippen LogP contribution in [0.3, 0.4) is 0 Å². The van der Waals surface area contributed by atoms with Crippen LogP contribution < -0.4 is 0 Å². The van der Waals surface area contributed by atoms with Gasteiger partial charge in [-0.1, -0.05) is 0 Å². The van der Waals surface area contributed by atoms with Crippen molar-refractivity contribution in [2.45, 2.75) is 45.0 Å². The van der Waals surface area contributed by atoms with Crippen molar-refractivity contribution in [2.75, 3.05) is 7.11 Å². The van der Waals surface area contributed by atoms with E-state index in [1.165, 1.54) is 20.8 Å². The third kappa shape index (κ3) is 3.88. The molecular formula is C12H16F3NO4. The van der Waals surface area contributed by atoms with Crippen LogP contribution in [0.15, 0.2) is 11.8 Å². The van der Waals surface area contributed by atoms with E-state index in [1.54, 1.807) is 0 Å². The van der Waals surface area contributed by atoms with Crippen molar-refractivity contribution >= 4 is 12.1 Å². The van der Waals surface area contributed by atoms with E-state index in [-0.39, 0.29) is 5.70 Å². The predicted octanol–water partition coefficient (Wildman–Crippen LogP) is 2.62. The van der Waals surface area contributed by atoms with Crippen LogP contribution in [0.25, 0.3) is 0 Å². The topological polar surface area (TPSA) is 55.8 Å². The number of carbonyl (C=O) groups excluding carboxylic acids is 2. The normalized spacial score (nSPS) is 21.4. The minimum atomic E-state index is -4.58. The minimum absolute atomic E-state index is 0.0755. The molecule has 1 rings (SSSR count). The van der Waals surface area contributed by atoms with Crippen LogP contribution in [0.2, 0.25) is 0 Å². The fraction of sp³-hybridized carbons (Fsp3) is 0.667.